The van der Waals surface area contributed by atoms with E-state index in [-0.39, 0.29) is 17.4 Å². The van der Waals surface area contributed by atoms with Crippen LogP contribution in [0, 0.1) is 5.92 Å². The van der Waals surface area contributed by atoms with E-state index in [0.717, 1.165) is 11.0 Å². The second kappa shape index (κ2) is 6.72. The first-order valence-electron chi connectivity index (χ1n) is 7.38. The lowest BCUT2D eigenvalue weighted by Crippen LogP contribution is -2.53. The molecule has 0 aliphatic carbocycles. The van der Waals surface area contributed by atoms with Crippen molar-refractivity contribution >= 4 is 20.0 Å². The first kappa shape index (κ1) is 18.1. The van der Waals surface area contributed by atoms with Gasteiger partial charge in [-0.05, 0) is 23.6 Å². The van der Waals surface area contributed by atoms with E-state index in [4.69, 9.17) is 0 Å². The second-order valence-electron chi connectivity index (χ2n) is 5.97. The van der Waals surface area contributed by atoms with E-state index >= 15 is 0 Å². The number of hydrogen-bond acceptors (Lipinski definition) is 4. The fourth-order valence-corrected chi connectivity index (χ4v) is 4.49. The van der Waals surface area contributed by atoms with Crippen LogP contribution in [0.15, 0.2) is 41.1 Å². The highest BCUT2D eigenvalue weighted by molar-refractivity contribution is 7.92. The van der Waals surface area contributed by atoms with Gasteiger partial charge in [-0.2, -0.15) is 4.31 Å². The molecule has 6 nitrogen and oxygen atoms in total. The average Bonchev–Trinajstić information content (AvgIpc) is 2.45. The van der Waals surface area contributed by atoms with Gasteiger partial charge in [-0.1, -0.05) is 32.6 Å². The quantitative estimate of drug-likeness (QED) is 0.800. The van der Waals surface area contributed by atoms with E-state index in [1.165, 1.54) is 4.31 Å². The third-order valence-electron chi connectivity index (χ3n) is 3.90. The maximum absolute atomic E-state index is 12.5. The van der Waals surface area contributed by atoms with E-state index in [1.54, 1.807) is 12.1 Å². The predicted molar refractivity (Wildman–Crippen MR) is 89.9 cm³/mol. The van der Waals surface area contributed by atoms with Crippen LogP contribution in [0.25, 0.3) is 0 Å². The normalized spacial score (nSPS) is 17.2. The van der Waals surface area contributed by atoms with Crippen LogP contribution in [0.3, 0.4) is 0 Å². The lowest BCUT2D eigenvalue weighted by Gasteiger charge is -2.38. The fourth-order valence-electron chi connectivity index (χ4n) is 2.31. The Balaban J connectivity index is 1.96. The van der Waals surface area contributed by atoms with Crippen LogP contribution >= 0.6 is 0 Å². The number of rotatable bonds is 7. The van der Waals surface area contributed by atoms with Crippen LogP contribution in [0.4, 0.5) is 0 Å². The summed E-state index contributed by atoms with van der Waals surface area (Å²) < 4.78 is 51.2. The van der Waals surface area contributed by atoms with Gasteiger partial charge < -0.3 is 0 Å². The molecule has 8 heteroatoms. The summed E-state index contributed by atoms with van der Waals surface area (Å²) in [6.07, 6.45) is 0. The topological polar surface area (TPSA) is 83.6 Å². The molecule has 1 aromatic carbocycles. The molecule has 0 aromatic heterocycles. The summed E-state index contributed by atoms with van der Waals surface area (Å²) in [5.74, 6) is 0.326. The van der Waals surface area contributed by atoms with Gasteiger partial charge in [0.05, 0.1) is 4.90 Å². The largest absolute Gasteiger partial charge is 0.243 e. The maximum atomic E-state index is 12.5. The first-order chi connectivity index (χ1) is 10.7. The molecule has 1 aliphatic heterocycles. The molecule has 1 heterocycles. The van der Waals surface area contributed by atoms with Gasteiger partial charge in [-0.3, -0.25) is 0 Å². The van der Waals surface area contributed by atoms with Crippen LogP contribution in [-0.2, 0) is 20.0 Å². The first-order valence-corrected chi connectivity index (χ1v) is 10.4. The Morgan fingerprint density at radius 1 is 1.22 bits per heavy atom. The molecule has 2 rings (SSSR count). The molecular formula is C15H22N2O4S2. The molecule has 1 saturated heterocycles. The Kier molecular flexibility index (Phi) is 5.30. The van der Waals surface area contributed by atoms with Crippen molar-refractivity contribution in [2.75, 3.05) is 19.6 Å². The minimum Gasteiger partial charge on any atom is -0.211 e. The van der Waals surface area contributed by atoms with Crippen molar-refractivity contribution in [2.24, 2.45) is 5.92 Å². The Bertz CT molecular complexity index is 762. The van der Waals surface area contributed by atoms with Crippen molar-refractivity contribution in [3.05, 3.63) is 41.8 Å². The van der Waals surface area contributed by atoms with E-state index in [9.17, 15) is 16.8 Å². The van der Waals surface area contributed by atoms with Crippen molar-refractivity contribution in [3.63, 3.8) is 0 Å². The highest BCUT2D eigenvalue weighted by Gasteiger charge is 2.36. The summed E-state index contributed by atoms with van der Waals surface area (Å²) >= 11 is 0. The lowest BCUT2D eigenvalue weighted by atomic mass is 10.0. The molecule has 23 heavy (non-hydrogen) atoms. The second-order valence-corrected chi connectivity index (χ2v) is 9.62. The fraction of sp³-hybridized carbons (Fsp3) is 0.467. The van der Waals surface area contributed by atoms with E-state index < -0.39 is 20.0 Å². The van der Waals surface area contributed by atoms with Crippen molar-refractivity contribution in [1.29, 1.82) is 0 Å². The molecule has 0 spiro atoms. The minimum atomic E-state index is -3.50. The zero-order valence-corrected chi connectivity index (χ0v) is 14.9. The molecule has 0 saturated carbocycles. The van der Waals surface area contributed by atoms with Gasteiger partial charge in [0.2, 0.25) is 20.0 Å². The highest BCUT2D eigenvalue weighted by atomic mass is 32.2. The number of sulfonamides is 2. The van der Waals surface area contributed by atoms with E-state index in [0.29, 0.717) is 19.0 Å². The Morgan fingerprint density at radius 2 is 1.78 bits per heavy atom. The molecule has 1 N–H and O–H groups in total. The highest BCUT2D eigenvalue weighted by Crippen LogP contribution is 2.26. The molecule has 1 aliphatic rings. The number of nitrogens with zero attached hydrogens (tertiary/aromatic N) is 1. The summed E-state index contributed by atoms with van der Waals surface area (Å²) in [5, 5.41) is 0.844. The molecule has 128 valence electrons. The van der Waals surface area contributed by atoms with Gasteiger partial charge in [0, 0.05) is 31.0 Å². The van der Waals surface area contributed by atoms with Crippen LogP contribution in [0.2, 0.25) is 0 Å². The molecule has 1 fully saturated rings. The summed E-state index contributed by atoms with van der Waals surface area (Å²) in [6, 6.07) is 6.90. The van der Waals surface area contributed by atoms with Crippen LogP contribution in [0.1, 0.15) is 25.3 Å². The Labute approximate surface area is 138 Å². The predicted octanol–water partition coefficient (Wildman–Crippen LogP) is 1.49. The van der Waals surface area contributed by atoms with Gasteiger partial charge in [-0.25, -0.2) is 21.6 Å². The standard InChI is InChI=1S/C15H22N2O4S2/c1-4-22(18,19)16-9-13-10-17(11-13)23(20,21)15-7-5-14(6-8-15)12(2)3/h4-8,12-13,16H,1,9-11H2,2-3H3. The summed E-state index contributed by atoms with van der Waals surface area (Å²) in [6.45, 7) is 8.15. The molecular weight excluding hydrogens is 336 g/mol. The van der Waals surface area contributed by atoms with Gasteiger partial charge in [0.1, 0.15) is 0 Å². The molecule has 0 radical (unpaired) electrons. The minimum absolute atomic E-state index is 0.0190. The summed E-state index contributed by atoms with van der Waals surface area (Å²) in [7, 11) is -6.96. The van der Waals surface area contributed by atoms with Gasteiger partial charge in [0.15, 0.2) is 0 Å². The van der Waals surface area contributed by atoms with Crippen LogP contribution < -0.4 is 4.72 Å². The zero-order valence-electron chi connectivity index (χ0n) is 13.3. The van der Waals surface area contributed by atoms with E-state index in [1.807, 2.05) is 26.0 Å². The van der Waals surface area contributed by atoms with Crippen molar-refractivity contribution < 1.29 is 16.8 Å². The van der Waals surface area contributed by atoms with E-state index in [2.05, 4.69) is 11.3 Å². The third-order valence-corrected chi connectivity index (χ3v) is 6.75. The van der Waals surface area contributed by atoms with Gasteiger partial charge in [-0.15, -0.1) is 0 Å². The zero-order chi connectivity index (χ0) is 17.3. The van der Waals surface area contributed by atoms with Crippen LogP contribution in [-0.4, -0.2) is 40.8 Å². The molecule has 0 amide bonds. The molecule has 1 aromatic rings. The summed E-state index contributed by atoms with van der Waals surface area (Å²) in [5.41, 5.74) is 1.09. The number of benzene rings is 1. The molecule has 0 bridgehead atoms. The Hall–Kier alpha value is -1.22. The molecule has 0 unspecified atom stereocenters. The number of nitrogens with one attached hydrogen (secondary N) is 1. The number of hydrogen-bond donors (Lipinski definition) is 1. The van der Waals surface area contributed by atoms with Gasteiger partial charge in [0.25, 0.3) is 0 Å². The van der Waals surface area contributed by atoms with Crippen molar-refractivity contribution in [3.8, 4) is 0 Å². The maximum Gasteiger partial charge on any atom is 0.243 e. The van der Waals surface area contributed by atoms with Crippen molar-refractivity contribution in [1.82, 2.24) is 9.03 Å². The summed E-state index contributed by atoms with van der Waals surface area (Å²) in [4.78, 5) is 0.270. The van der Waals surface area contributed by atoms with Crippen molar-refractivity contribution in [2.45, 2.75) is 24.7 Å². The van der Waals surface area contributed by atoms with Gasteiger partial charge >= 0.3 is 0 Å². The lowest BCUT2D eigenvalue weighted by molar-refractivity contribution is 0.203. The Morgan fingerprint density at radius 3 is 2.26 bits per heavy atom. The monoisotopic (exact) mass is 358 g/mol. The third kappa shape index (κ3) is 4.20. The average molecular weight is 358 g/mol. The smallest absolute Gasteiger partial charge is 0.211 e. The molecule has 0 atom stereocenters. The van der Waals surface area contributed by atoms with Crippen LogP contribution in [0.5, 0.6) is 0 Å². The SMILES string of the molecule is C=CS(=O)(=O)NCC1CN(S(=O)(=O)c2ccc(C(C)C)cc2)C1.